The van der Waals surface area contributed by atoms with Crippen molar-refractivity contribution in [2.45, 2.75) is 67.2 Å². The van der Waals surface area contributed by atoms with Crippen LogP contribution in [0, 0.1) is 16.2 Å². The van der Waals surface area contributed by atoms with Gasteiger partial charge in [0, 0.05) is 0 Å². The Morgan fingerprint density at radius 3 is 1.07 bits per heavy atom. The van der Waals surface area contributed by atoms with Crippen molar-refractivity contribution in [2.24, 2.45) is 16.2 Å². The molecule has 15 heavy (non-hydrogen) atoms. The van der Waals surface area contributed by atoms with Crippen LogP contribution in [-0.4, -0.2) is 0 Å². The second-order valence-electron chi connectivity index (χ2n) is 5.68. The van der Waals surface area contributed by atoms with E-state index in [1.165, 1.54) is 25.7 Å². The molecule has 0 spiro atoms. The summed E-state index contributed by atoms with van der Waals surface area (Å²) in [6.07, 6.45) is 10.1. The molecule has 0 unspecified atom stereocenters. The summed E-state index contributed by atoms with van der Waals surface area (Å²) in [5, 5.41) is 0. The van der Waals surface area contributed by atoms with Gasteiger partial charge in [-0.15, -0.1) is 0 Å². The first-order valence-corrected chi connectivity index (χ1v) is 6.65. The summed E-state index contributed by atoms with van der Waals surface area (Å²) >= 11 is 0. The molecule has 0 heterocycles. The maximum Gasteiger partial charge on any atom is -0.00638 e. The van der Waals surface area contributed by atoms with E-state index >= 15 is 0 Å². The van der Waals surface area contributed by atoms with Crippen LogP contribution in [-0.2, 0) is 0 Å². The average Bonchev–Trinajstić information content (AvgIpc) is 2.47. The summed E-state index contributed by atoms with van der Waals surface area (Å²) < 4.78 is 0. The maximum absolute atomic E-state index is 2.53. The van der Waals surface area contributed by atoms with Crippen molar-refractivity contribution in [1.82, 2.24) is 0 Å². The van der Waals surface area contributed by atoms with Crippen LogP contribution in [0.4, 0.5) is 0 Å². The Morgan fingerprint density at radius 2 is 0.933 bits per heavy atom. The van der Waals surface area contributed by atoms with Crippen LogP contribution < -0.4 is 0 Å². The fraction of sp³-hybridized carbons (Fsp3) is 0.867. The highest BCUT2D eigenvalue weighted by Gasteiger charge is 2.55. The molecule has 0 aromatic rings. The van der Waals surface area contributed by atoms with Gasteiger partial charge in [0.15, 0.2) is 0 Å². The quantitative estimate of drug-likeness (QED) is 0.557. The molecule has 1 aliphatic carbocycles. The van der Waals surface area contributed by atoms with E-state index in [0.29, 0.717) is 16.2 Å². The lowest BCUT2D eigenvalue weighted by atomic mass is 9.54. The zero-order valence-corrected chi connectivity index (χ0v) is 11.5. The first-order valence-electron chi connectivity index (χ1n) is 6.65. The number of hydrogen-bond acceptors (Lipinski definition) is 0. The summed E-state index contributed by atoms with van der Waals surface area (Å²) in [5.41, 5.74) is 1.27. The molecule has 0 radical (unpaired) electrons. The van der Waals surface area contributed by atoms with E-state index in [-0.39, 0.29) is 0 Å². The van der Waals surface area contributed by atoms with E-state index in [1.807, 2.05) is 0 Å². The van der Waals surface area contributed by atoms with Crippen LogP contribution in [0.2, 0.25) is 0 Å². The third-order valence-corrected chi connectivity index (χ3v) is 5.73. The predicted molar refractivity (Wildman–Crippen MR) is 69.0 cm³/mol. The van der Waals surface area contributed by atoms with Crippen LogP contribution in [0.5, 0.6) is 0 Å². The number of hydrogen-bond donors (Lipinski definition) is 0. The third kappa shape index (κ3) is 1.40. The van der Waals surface area contributed by atoms with Crippen molar-refractivity contribution in [2.75, 3.05) is 0 Å². The van der Waals surface area contributed by atoms with Gasteiger partial charge in [0.05, 0.1) is 0 Å². The molecule has 1 rings (SSSR count). The highest BCUT2D eigenvalue weighted by molar-refractivity contribution is 5.24. The number of rotatable bonds is 4. The number of allylic oxidation sites excluding steroid dienone is 2. The van der Waals surface area contributed by atoms with Crippen molar-refractivity contribution in [3.05, 3.63) is 12.2 Å². The molecule has 0 fully saturated rings. The highest BCUT2D eigenvalue weighted by atomic mass is 14.6. The summed E-state index contributed by atoms with van der Waals surface area (Å²) in [7, 11) is 0. The highest BCUT2D eigenvalue weighted by Crippen LogP contribution is 2.63. The van der Waals surface area contributed by atoms with E-state index < -0.39 is 0 Å². The minimum Gasteiger partial charge on any atom is -0.0812 e. The standard InChI is InChI=1S/C15H28/c1-7-14(8-2)11-12-15(9-3,10-4)13(14,5)6/h11-12H,7-10H2,1-6H3. The van der Waals surface area contributed by atoms with Crippen LogP contribution in [0.1, 0.15) is 67.2 Å². The minimum absolute atomic E-state index is 0.410. The molecule has 0 aliphatic heterocycles. The van der Waals surface area contributed by atoms with Crippen LogP contribution >= 0.6 is 0 Å². The monoisotopic (exact) mass is 208 g/mol. The van der Waals surface area contributed by atoms with Crippen molar-refractivity contribution in [3.63, 3.8) is 0 Å². The average molecular weight is 208 g/mol. The summed E-state index contributed by atoms with van der Waals surface area (Å²) in [6, 6.07) is 0. The van der Waals surface area contributed by atoms with Gasteiger partial charge in [-0.2, -0.15) is 0 Å². The molecule has 88 valence electrons. The molecule has 0 nitrogen and oxygen atoms in total. The largest absolute Gasteiger partial charge is 0.0812 e. The molecule has 0 saturated carbocycles. The molecular formula is C15H28. The zero-order valence-electron chi connectivity index (χ0n) is 11.5. The lowest BCUT2D eigenvalue weighted by molar-refractivity contribution is 0.00969. The topological polar surface area (TPSA) is 0 Å². The Labute approximate surface area is 96.2 Å². The summed E-state index contributed by atoms with van der Waals surface area (Å²) in [4.78, 5) is 0. The second-order valence-corrected chi connectivity index (χ2v) is 5.68. The molecular weight excluding hydrogens is 180 g/mol. The fourth-order valence-electron chi connectivity index (χ4n) is 3.97. The maximum atomic E-state index is 2.53. The normalized spacial score (nSPS) is 25.7. The predicted octanol–water partition coefficient (Wildman–Crippen LogP) is 5.20. The Hall–Kier alpha value is -0.260. The van der Waals surface area contributed by atoms with Crippen LogP contribution in [0.15, 0.2) is 12.2 Å². The van der Waals surface area contributed by atoms with E-state index in [0.717, 1.165) is 0 Å². The van der Waals surface area contributed by atoms with Gasteiger partial charge in [-0.25, -0.2) is 0 Å². The second kappa shape index (κ2) is 3.96. The van der Waals surface area contributed by atoms with Gasteiger partial charge in [0.25, 0.3) is 0 Å². The molecule has 0 saturated heterocycles. The fourth-order valence-corrected chi connectivity index (χ4v) is 3.97. The van der Waals surface area contributed by atoms with Crippen LogP contribution in [0.25, 0.3) is 0 Å². The van der Waals surface area contributed by atoms with Gasteiger partial charge in [0.1, 0.15) is 0 Å². The lowest BCUT2D eigenvalue weighted by Gasteiger charge is -2.50. The van der Waals surface area contributed by atoms with E-state index in [4.69, 9.17) is 0 Å². The summed E-state index contributed by atoms with van der Waals surface area (Å²) in [5.74, 6) is 0. The van der Waals surface area contributed by atoms with Gasteiger partial charge in [-0.1, -0.05) is 53.7 Å². The molecule has 0 aromatic heterocycles. The van der Waals surface area contributed by atoms with Crippen molar-refractivity contribution in [3.8, 4) is 0 Å². The van der Waals surface area contributed by atoms with Crippen molar-refractivity contribution in [1.29, 1.82) is 0 Å². The lowest BCUT2D eigenvalue weighted by Crippen LogP contribution is -2.43. The Balaban J connectivity index is 3.19. The van der Waals surface area contributed by atoms with Crippen LogP contribution in [0.3, 0.4) is 0 Å². The molecule has 0 aromatic carbocycles. The van der Waals surface area contributed by atoms with Crippen molar-refractivity contribution >= 4 is 0 Å². The zero-order chi connectivity index (χ0) is 11.7. The molecule has 1 aliphatic rings. The Kier molecular flexibility index (Phi) is 3.38. The van der Waals surface area contributed by atoms with Gasteiger partial charge in [-0.05, 0) is 41.9 Å². The third-order valence-electron chi connectivity index (χ3n) is 5.73. The molecule has 0 heteroatoms. The van der Waals surface area contributed by atoms with Gasteiger partial charge >= 0.3 is 0 Å². The SMILES string of the molecule is CCC1(CC)C=CC(CC)(CC)C1(C)C. The first-order chi connectivity index (χ1) is 6.95. The minimum atomic E-state index is 0.410. The Bertz CT molecular complexity index is 213. The molecule has 0 N–H and O–H groups in total. The van der Waals surface area contributed by atoms with Crippen molar-refractivity contribution < 1.29 is 0 Å². The van der Waals surface area contributed by atoms with Gasteiger partial charge in [-0.3, -0.25) is 0 Å². The molecule has 0 amide bonds. The molecule has 0 bridgehead atoms. The molecule has 0 atom stereocenters. The summed E-state index contributed by atoms with van der Waals surface area (Å²) in [6.45, 7) is 14.3. The smallest absolute Gasteiger partial charge is 0.00638 e. The van der Waals surface area contributed by atoms with Gasteiger partial charge < -0.3 is 0 Å². The first kappa shape index (κ1) is 12.8. The van der Waals surface area contributed by atoms with E-state index in [9.17, 15) is 0 Å². The van der Waals surface area contributed by atoms with E-state index in [1.54, 1.807) is 0 Å². The Morgan fingerprint density at radius 1 is 0.667 bits per heavy atom. The van der Waals surface area contributed by atoms with E-state index in [2.05, 4.69) is 53.7 Å². The van der Waals surface area contributed by atoms with Gasteiger partial charge in [0.2, 0.25) is 0 Å².